The normalized spacial score (nSPS) is 10.6. The third-order valence-corrected chi connectivity index (χ3v) is 5.15. The first-order chi connectivity index (χ1) is 13.0. The number of nitrogens with zero attached hydrogens (tertiary/aromatic N) is 2. The topological polar surface area (TPSA) is 80.0 Å². The van der Waals surface area contributed by atoms with Crippen LogP contribution >= 0.6 is 39.3 Å². The molecule has 3 rings (SSSR count). The monoisotopic (exact) mass is 466 g/mol. The minimum Gasteiger partial charge on any atom is -0.414 e. The lowest BCUT2D eigenvalue weighted by molar-refractivity contribution is -0.113. The average molecular weight is 468 g/mol. The van der Waals surface area contributed by atoms with E-state index in [0.29, 0.717) is 22.7 Å². The van der Waals surface area contributed by atoms with Crippen LogP contribution in [0.3, 0.4) is 0 Å². The van der Waals surface area contributed by atoms with Crippen LogP contribution in [0.5, 0.6) is 0 Å². The highest BCUT2D eigenvalue weighted by Crippen LogP contribution is 2.24. The zero-order chi connectivity index (χ0) is 19.2. The molecule has 1 aromatic heterocycles. The fourth-order valence-corrected chi connectivity index (χ4v) is 3.54. The molecular weight excluding hydrogens is 452 g/mol. The van der Waals surface area contributed by atoms with Crippen molar-refractivity contribution in [2.24, 2.45) is 0 Å². The molecule has 0 atom stereocenters. The Hall–Kier alpha value is -2.03. The molecule has 0 spiro atoms. The number of aromatic nitrogens is 2. The molecule has 1 heterocycles. The molecule has 0 aliphatic carbocycles. The van der Waals surface area contributed by atoms with E-state index in [-0.39, 0.29) is 11.7 Å². The summed E-state index contributed by atoms with van der Waals surface area (Å²) in [7, 11) is 0. The fourth-order valence-electron chi connectivity index (χ4n) is 2.18. The highest BCUT2D eigenvalue weighted by atomic mass is 79.9. The van der Waals surface area contributed by atoms with Crippen LogP contribution in [-0.2, 0) is 11.3 Å². The molecule has 2 N–H and O–H groups in total. The van der Waals surface area contributed by atoms with Crippen molar-refractivity contribution in [3.63, 3.8) is 0 Å². The zero-order valence-corrected chi connectivity index (χ0v) is 17.5. The van der Waals surface area contributed by atoms with Crippen molar-refractivity contribution in [1.29, 1.82) is 0 Å². The minimum atomic E-state index is -0.152. The molecular formula is C18H16BrClN4O2S. The van der Waals surface area contributed by atoms with Crippen molar-refractivity contribution in [2.45, 2.75) is 18.7 Å². The first-order valence-corrected chi connectivity index (χ1v) is 10.2. The number of anilines is 2. The van der Waals surface area contributed by atoms with Crippen LogP contribution in [0.4, 0.5) is 11.4 Å². The molecule has 0 fully saturated rings. The first-order valence-electron chi connectivity index (χ1n) is 8.00. The lowest BCUT2D eigenvalue weighted by atomic mass is 10.2. The smallest absolute Gasteiger partial charge is 0.277 e. The van der Waals surface area contributed by atoms with Crippen molar-refractivity contribution in [3.05, 3.63) is 63.4 Å². The van der Waals surface area contributed by atoms with Crippen molar-refractivity contribution < 1.29 is 9.21 Å². The maximum atomic E-state index is 12.1. The molecule has 3 aromatic rings. The van der Waals surface area contributed by atoms with Crippen LogP contribution in [0, 0.1) is 6.92 Å². The molecule has 0 aliphatic heterocycles. The number of amides is 1. The molecule has 0 saturated carbocycles. The summed E-state index contributed by atoms with van der Waals surface area (Å²) in [4.78, 5) is 12.1. The Balaban J connectivity index is 1.48. The average Bonchev–Trinajstić information content (AvgIpc) is 3.09. The summed E-state index contributed by atoms with van der Waals surface area (Å²) in [5.41, 5.74) is 2.69. The van der Waals surface area contributed by atoms with Crippen LogP contribution in [0.2, 0.25) is 5.02 Å². The molecule has 0 radical (unpaired) electrons. The van der Waals surface area contributed by atoms with Crippen molar-refractivity contribution in [2.75, 3.05) is 16.4 Å². The number of thioether (sulfide) groups is 1. The van der Waals surface area contributed by atoms with E-state index in [2.05, 4.69) is 36.8 Å². The number of carbonyl (C=O) groups excluding carboxylic acids is 1. The molecule has 27 heavy (non-hydrogen) atoms. The Morgan fingerprint density at radius 1 is 1.26 bits per heavy atom. The van der Waals surface area contributed by atoms with Gasteiger partial charge in [-0.1, -0.05) is 35.5 Å². The van der Waals surface area contributed by atoms with E-state index >= 15 is 0 Å². The summed E-state index contributed by atoms with van der Waals surface area (Å²) >= 11 is 10.6. The largest absolute Gasteiger partial charge is 0.414 e. The Bertz CT molecular complexity index is 951. The zero-order valence-electron chi connectivity index (χ0n) is 14.3. The van der Waals surface area contributed by atoms with Gasteiger partial charge in [-0.15, -0.1) is 10.2 Å². The fraction of sp³-hybridized carbons (Fsp3) is 0.167. The third-order valence-electron chi connectivity index (χ3n) is 3.44. The van der Waals surface area contributed by atoms with Gasteiger partial charge in [0, 0.05) is 15.2 Å². The number of hydrogen-bond acceptors (Lipinski definition) is 6. The van der Waals surface area contributed by atoms with Gasteiger partial charge in [-0.3, -0.25) is 4.79 Å². The third kappa shape index (κ3) is 5.98. The van der Waals surface area contributed by atoms with Crippen molar-refractivity contribution in [1.82, 2.24) is 10.2 Å². The van der Waals surface area contributed by atoms with Gasteiger partial charge < -0.3 is 15.1 Å². The molecule has 0 aliphatic rings. The van der Waals surface area contributed by atoms with Gasteiger partial charge in [0.25, 0.3) is 5.22 Å². The maximum absolute atomic E-state index is 12.1. The number of nitrogens with one attached hydrogen (secondary N) is 2. The number of halogens is 2. The lowest BCUT2D eigenvalue weighted by Crippen LogP contribution is -2.14. The van der Waals surface area contributed by atoms with Gasteiger partial charge in [0.15, 0.2) is 0 Å². The minimum absolute atomic E-state index is 0.152. The summed E-state index contributed by atoms with van der Waals surface area (Å²) in [5, 5.41) is 14.9. The molecule has 9 heteroatoms. The van der Waals surface area contributed by atoms with E-state index in [1.165, 1.54) is 11.8 Å². The molecule has 140 valence electrons. The second-order valence-electron chi connectivity index (χ2n) is 5.65. The van der Waals surface area contributed by atoms with E-state index < -0.39 is 0 Å². The molecule has 2 aromatic carbocycles. The summed E-state index contributed by atoms with van der Waals surface area (Å²) in [6, 6.07) is 13.1. The van der Waals surface area contributed by atoms with E-state index in [0.717, 1.165) is 21.4 Å². The molecule has 0 saturated heterocycles. The van der Waals surface area contributed by atoms with E-state index in [9.17, 15) is 4.79 Å². The number of carbonyl (C=O) groups is 1. The highest BCUT2D eigenvalue weighted by molar-refractivity contribution is 9.10. The number of rotatable bonds is 7. The Kier molecular flexibility index (Phi) is 6.76. The highest BCUT2D eigenvalue weighted by Gasteiger charge is 2.11. The van der Waals surface area contributed by atoms with Crippen molar-refractivity contribution in [3.8, 4) is 0 Å². The van der Waals surface area contributed by atoms with Gasteiger partial charge in [0.1, 0.15) is 0 Å². The Labute approximate surface area is 174 Å². The molecule has 0 unspecified atom stereocenters. The lowest BCUT2D eigenvalue weighted by Gasteiger charge is -2.07. The predicted molar refractivity (Wildman–Crippen MR) is 111 cm³/mol. The second-order valence-corrected chi connectivity index (χ2v) is 7.86. The quantitative estimate of drug-likeness (QED) is 0.469. The number of benzene rings is 2. The number of hydrogen-bond donors (Lipinski definition) is 2. The Morgan fingerprint density at radius 2 is 2.11 bits per heavy atom. The first kappa shape index (κ1) is 19.7. The van der Waals surface area contributed by atoms with Crippen LogP contribution in [-0.4, -0.2) is 21.9 Å². The van der Waals surface area contributed by atoms with Crippen LogP contribution in [0.25, 0.3) is 0 Å². The van der Waals surface area contributed by atoms with E-state index in [1.54, 1.807) is 12.1 Å². The summed E-state index contributed by atoms with van der Waals surface area (Å²) in [5.74, 6) is 0.449. The standard InChI is InChI=1S/C18H16BrClN4O2S/c1-11-5-6-15(14(19)7-11)22-16(25)10-27-18-24-23-17(26-18)9-21-13-4-2-3-12(20)8-13/h2-8,21H,9-10H2,1H3,(H,22,25). The van der Waals surface area contributed by atoms with E-state index in [1.807, 2.05) is 37.3 Å². The van der Waals surface area contributed by atoms with Gasteiger partial charge in [-0.05, 0) is 58.7 Å². The SMILES string of the molecule is Cc1ccc(NC(=O)CSc2nnc(CNc3cccc(Cl)c3)o2)c(Br)c1. The van der Waals surface area contributed by atoms with Gasteiger partial charge >= 0.3 is 0 Å². The molecule has 1 amide bonds. The molecule has 0 bridgehead atoms. The van der Waals surface area contributed by atoms with Crippen LogP contribution in [0.1, 0.15) is 11.5 Å². The Morgan fingerprint density at radius 3 is 2.89 bits per heavy atom. The van der Waals surface area contributed by atoms with Gasteiger partial charge in [-0.25, -0.2) is 0 Å². The van der Waals surface area contributed by atoms with Gasteiger partial charge in [-0.2, -0.15) is 0 Å². The van der Waals surface area contributed by atoms with Crippen molar-refractivity contribution >= 4 is 56.6 Å². The number of aryl methyl sites for hydroxylation is 1. The second kappa shape index (κ2) is 9.25. The predicted octanol–water partition coefficient (Wildman–Crippen LogP) is 5.14. The van der Waals surface area contributed by atoms with Gasteiger partial charge in [0.05, 0.1) is 18.0 Å². The summed E-state index contributed by atoms with van der Waals surface area (Å²) in [6.07, 6.45) is 0. The molecule has 6 nitrogen and oxygen atoms in total. The summed E-state index contributed by atoms with van der Waals surface area (Å²) < 4.78 is 6.37. The summed E-state index contributed by atoms with van der Waals surface area (Å²) in [6.45, 7) is 2.36. The van der Waals surface area contributed by atoms with E-state index in [4.69, 9.17) is 16.0 Å². The van der Waals surface area contributed by atoms with Gasteiger partial charge in [0.2, 0.25) is 11.8 Å². The van der Waals surface area contributed by atoms with Crippen LogP contribution < -0.4 is 10.6 Å². The van der Waals surface area contributed by atoms with Crippen LogP contribution in [0.15, 0.2) is 56.6 Å². The maximum Gasteiger partial charge on any atom is 0.277 e.